The van der Waals surface area contributed by atoms with Crippen molar-refractivity contribution in [1.82, 2.24) is 14.8 Å². The summed E-state index contributed by atoms with van der Waals surface area (Å²) >= 11 is 0. The minimum atomic E-state index is 0.0834. The molecule has 1 N–H and O–H groups in total. The molecule has 1 unspecified atom stereocenters. The van der Waals surface area contributed by atoms with Crippen LogP contribution < -0.4 is 10.9 Å². The quantitative estimate of drug-likeness (QED) is 0.466. The van der Waals surface area contributed by atoms with Crippen LogP contribution in [-0.2, 0) is 11.3 Å². The molecule has 1 atom stereocenters. The molecule has 1 saturated heterocycles. The van der Waals surface area contributed by atoms with Crippen LogP contribution in [0.25, 0.3) is 0 Å². The number of aryl methyl sites for hydroxylation is 1. The fraction of sp³-hybridized carbons (Fsp3) is 0.667. The number of guanidine groups is 1. The van der Waals surface area contributed by atoms with Crippen LogP contribution in [0.4, 0.5) is 0 Å². The Bertz CT molecular complexity index is 597. The molecule has 0 spiro atoms. The van der Waals surface area contributed by atoms with Crippen LogP contribution in [0.2, 0.25) is 0 Å². The molecule has 1 aliphatic heterocycles. The zero-order valence-corrected chi connectivity index (χ0v) is 15.1. The van der Waals surface area contributed by atoms with Crippen molar-refractivity contribution >= 4 is 5.96 Å². The highest BCUT2D eigenvalue weighted by Gasteiger charge is 2.24. The minimum absolute atomic E-state index is 0.0834. The number of nitrogens with one attached hydrogen (secondary N) is 1. The van der Waals surface area contributed by atoms with Crippen LogP contribution in [0.5, 0.6) is 0 Å². The van der Waals surface area contributed by atoms with E-state index in [-0.39, 0.29) is 5.56 Å². The van der Waals surface area contributed by atoms with E-state index in [1.165, 1.54) is 0 Å². The number of methoxy groups -OCH3 is 1. The molecule has 6 nitrogen and oxygen atoms in total. The number of hydrogen-bond donors (Lipinski definition) is 1. The maximum atomic E-state index is 11.8. The molecule has 2 rings (SSSR count). The van der Waals surface area contributed by atoms with E-state index >= 15 is 0 Å². The van der Waals surface area contributed by atoms with E-state index in [2.05, 4.69) is 15.2 Å². The molecule has 24 heavy (non-hydrogen) atoms. The van der Waals surface area contributed by atoms with Crippen molar-refractivity contribution in [3.8, 4) is 0 Å². The van der Waals surface area contributed by atoms with Gasteiger partial charge < -0.3 is 19.5 Å². The average Bonchev–Trinajstić information content (AvgIpc) is 3.02. The average molecular weight is 334 g/mol. The Balaban J connectivity index is 1.70. The molecule has 6 heteroatoms. The fourth-order valence-corrected chi connectivity index (χ4v) is 3.23. The summed E-state index contributed by atoms with van der Waals surface area (Å²) in [6.45, 7) is 6.48. The van der Waals surface area contributed by atoms with E-state index in [9.17, 15) is 4.79 Å². The highest BCUT2D eigenvalue weighted by molar-refractivity contribution is 5.80. The van der Waals surface area contributed by atoms with E-state index < -0.39 is 0 Å². The summed E-state index contributed by atoms with van der Waals surface area (Å²) in [6, 6.07) is 5.41. The van der Waals surface area contributed by atoms with Crippen molar-refractivity contribution < 1.29 is 4.74 Å². The van der Waals surface area contributed by atoms with E-state index in [4.69, 9.17) is 4.74 Å². The number of pyridine rings is 1. The highest BCUT2D eigenvalue weighted by atomic mass is 16.5. The predicted octanol–water partition coefficient (Wildman–Crippen LogP) is 1.48. The van der Waals surface area contributed by atoms with Gasteiger partial charge in [0.2, 0.25) is 0 Å². The summed E-state index contributed by atoms with van der Waals surface area (Å²) in [5.74, 6) is 1.57. The van der Waals surface area contributed by atoms with Gasteiger partial charge in [-0.2, -0.15) is 0 Å². The SMILES string of the molecule is CN=C(NCCCCn1c(C)cccc1=O)N1CCC(COC)C1. The van der Waals surface area contributed by atoms with Gasteiger partial charge in [-0.05, 0) is 32.3 Å². The first kappa shape index (κ1) is 18.5. The number of hydrogen-bond acceptors (Lipinski definition) is 3. The topological polar surface area (TPSA) is 58.9 Å². The smallest absolute Gasteiger partial charge is 0.250 e. The fourth-order valence-electron chi connectivity index (χ4n) is 3.23. The van der Waals surface area contributed by atoms with Crippen molar-refractivity contribution in [2.45, 2.75) is 32.7 Å². The first-order chi connectivity index (χ1) is 11.7. The Hall–Kier alpha value is -1.82. The lowest BCUT2D eigenvalue weighted by Crippen LogP contribution is -2.40. The number of aromatic nitrogens is 1. The van der Waals surface area contributed by atoms with Crippen LogP contribution in [0.15, 0.2) is 28.0 Å². The minimum Gasteiger partial charge on any atom is -0.384 e. The molecule has 0 saturated carbocycles. The van der Waals surface area contributed by atoms with Crippen molar-refractivity contribution in [3.63, 3.8) is 0 Å². The Labute approximate surface area is 144 Å². The molecule has 1 fully saturated rings. The molecule has 1 aromatic rings. The molecule has 0 amide bonds. The summed E-state index contributed by atoms with van der Waals surface area (Å²) in [7, 11) is 3.59. The van der Waals surface area contributed by atoms with Crippen molar-refractivity contribution in [3.05, 3.63) is 34.2 Å². The van der Waals surface area contributed by atoms with Crippen LogP contribution >= 0.6 is 0 Å². The lowest BCUT2D eigenvalue weighted by Gasteiger charge is -2.21. The third-order valence-electron chi connectivity index (χ3n) is 4.56. The maximum absolute atomic E-state index is 11.8. The van der Waals surface area contributed by atoms with Gasteiger partial charge in [-0.3, -0.25) is 9.79 Å². The van der Waals surface area contributed by atoms with Gasteiger partial charge in [0.15, 0.2) is 5.96 Å². The molecule has 0 bridgehead atoms. The second-order valence-corrected chi connectivity index (χ2v) is 6.39. The first-order valence-electron chi connectivity index (χ1n) is 8.76. The molecule has 0 aromatic carbocycles. The van der Waals surface area contributed by atoms with E-state index in [0.717, 1.165) is 63.7 Å². The summed E-state index contributed by atoms with van der Waals surface area (Å²) in [5, 5.41) is 3.44. The molecular weight excluding hydrogens is 304 g/mol. The van der Waals surface area contributed by atoms with Gasteiger partial charge in [-0.25, -0.2) is 0 Å². The highest BCUT2D eigenvalue weighted by Crippen LogP contribution is 2.16. The molecule has 2 heterocycles. The van der Waals surface area contributed by atoms with Crippen LogP contribution in [0.3, 0.4) is 0 Å². The molecule has 0 aliphatic carbocycles. The molecular formula is C18H30N4O2. The van der Waals surface area contributed by atoms with Crippen LogP contribution in [0.1, 0.15) is 25.0 Å². The number of likely N-dealkylation sites (tertiary alicyclic amines) is 1. The van der Waals surface area contributed by atoms with E-state index in [1.54, 1.807) is 13.2 Å². The van der Waals surface area contributed by atoms with Crippen molar-refractivity contribution in [1.29, 1.82) is 0 Å². The van der Waals surface area contributed by atoms with Gasteiger partial charge in [0.25, 0.3) is 5.56 Å². The van der Waals surface area contributed by atoms with Gasteiger partial charge in [0.1, 0.15) is 0 Å². The van der Waals surface area contributed by atoms with Crippen LogP contribution in [0, 0.1) is 12.8 Å². The zero-order valence-electron chi connectivity index (χ0n) is 15.1. The lowest BCUT2D eigenvalue weighted by atomic mass is 10.1. The number of unbranched alkanes of at least 4 members (excludes halogenated alkanes) is 1. The molecule has 134 valence electrons. The number of aliphatic imine (C=N–C) groups is 1. The van der Waals surface area contributed by atoms with Gasteiger partial charge in [-0.15, -0.1) is 0 Å². The van der Waals surface area contributed by atoms with Gasteiger partial charge in [0, 0.05) is 58.0 Å². The predicted molar refractivity (Wildman–Crippen MR) is 97.6 cm³/mol. The number of nitrogens with zero attached hydrogens (tertiary/aromatic N) is 3. The number of ether oxygens (including phenoxy) is 1. The first-order valence-corrected chi connectivity index (χ1v) is 8.76. The Morgan fingerprint density at radius 3 is 2.96 bits per heavy atom. The largest absolute Gasteiger partial charge is 0.384 e. The number of rotatable bonds is 7. The van der Waals surface area contributed by atoms with Crippen molar-refractivity contribution in [2.75, 3.05) is 40.4 Å². The summed E-state index contributed by atoms with van der Waals surface area (Å²) in [5.41, 5.74) is 1.10. The Kier molecular flexibility index (Phi) is 7.31. The third kappa shape index (κ3) is 5.09. The van der Waals surface area contributed by atoms with Gasteiger partial charge >= 0.3 is 0 Å². The van der Waals surface area contributed by atoms with Crippen LogP contribution in [-0.4, -0.2) is 55.8 Å². The second-order valence-electron chi connectivity index (χ2n) is 6.39. The summed E-state index contributed by atoms with van der Waals surface area (Å²) in [4.78, 5) is 18.5. The Morgan fingerprint density at radius 1 is 1.42 bits per heavy atom. The maximum Gasteiger partial charge on any atom is 0.250 e. The third-order valence-corrected chi connectivity index (χ3v) is 4.56. The van der Waals surface area contributed by atoms with Gasteiger partial charge in [-0.1, -0.05) is 6.07 Å². The van der Waals surface area contributed by atoms with E-state index in [1.807, 2.05) is 30.7 Å². The summed E-state index contributed by atoms with van der Waals surface area (Å²) in [6.07, 6.45) is 3.14. The normalized spacial score (nSPS) is 18.2. The molecule has 1 aliphatic rings. The van der Waals surface area contributed by atoms with Crippen molar-refractivity contribution in [2.24, 2.45) is 10.9 Å². The second kappa shape index (κ2) is 9.47. The molecule has 0 radical (unpaired) electrons. The lowest BCUT2D eigenvalue weighted by molar-refractivity contribution is 0.157. The Morgan fingerprint density at radius 2 is 2.25 bits per heavy atom. The standard InChI is InChI=1S/C18H30N4O2/c1-15-7-6-8-17(23)22(15)11-5-4-10-20-18(19-2)21-12-9-16(13-21)14-24-3/h6-8,16H,4-5,9-14H2,1-3H3,(H,19,20). The van der Waals surface area contributed by atoms with E-state index in [0.29, 0.717) is 5.92 Å². The van der Waals surface area contributed by atoms with Gasteiger partial charge in [0.05, 0.1) is 6.61 Å². The zero-order chi connectivity index (χ0) is 17.4. The monoisotopic (exact) mass is 334 g/mol. The molecule has 1 aromatic heterocycles. The summed E-state index contributed by atoms with van der Waals surface area (Å²) < 4.78 is 7.09.